The largest absolute Gasteiger partial charge is 0.396 e. The summed E-state index contributed by atoms with van der Waals surface area (Å²) in [5.41, 5.74) is 3.79. The van der Waals surface area contributed by atoms with Crippen molar-refractivity contribution in [2.45, 2.75) is 78.1 Å². The molecule has 3 N–H and O–H groups in total. The van der Waals surface area contributed by atoms with E-state index in [4.69, 9.17) is 4.98 Å². The maximum atomic E-state index is 11.7. The second kappa shape index (κ2) is 13.5. The second-order valence-electron chi connectivity index (χ2n) is 11.1. The van der Waals surface area contributed by atoms with Gasteiger partial charge in [-0.3, -0.25) is 9.88 Å². The quantitative estimate of drug-likeness (QED) is 0.191. The molecule has 0 radical (unpaired) electrons. The van der Waals surface area contributed by atoms with E-state index in [1.807, 2.05) is 49.7 Å². The van der Waals surface area contributed by atoms with Crippen molar-refractivity contribution in [2.75, 3.05) is 11.9 Å². The molecule has 0 spiro atoms. The molecule has 5 atom stereocenters. The lowest BCUT2D eigenvalue weighted by Crippen LogP contribution is -2.47. The number of thiazole rings is 2. The van der Waals surface area contributed by atoms with Crippen LogP contribution in [0.25, 0.3) is 10.6 Å². The summed E-state index contributed by atoms with van der Waals surface area (Å²) >= 11 is 3.19. The molecule has 4 aromatic heterocycles. The van der Waals surface area contributed by atoms with Crippen LogP contribution >= 0.6 is 22.7 Å². The molecule has 5 rings (SSSR count). The lowest BCUT2D eigenvalue weighted by Gasteiger charge is -2.41. The van der Waals surface area contributed by atoms with Gasteiger partial charge < -0.3 is 15.5 Å². The van der Waals surface area contributed by atoms with Gasteiger partial charge in [0.2, 0.25) is 0 Å². The van der Waals surface area contributed by atoms with E-state index in [1.54, 1.807) is 17.5 Å². The van der Waals surface area contributed by atoms with Gasteiger partial charge in [0.25, 0.3) is 0 Å². The molecule has 0 saturated carbocycles. The van der Waals surface area contributed by atoms with Gasteiger partial charge in [-0.05, 0) is 95.9 Å². The van der Waals surface area contributed by atoms with Crippen molar-refractivity contribution in [3.05, 3.63) is 70.1 Å². The van der Waals surface area contributed by atoms with Crippen molar-refractivity contribution in [1.29, 1.82) is 0 Å². The molecule has 41 heavy (non-hydrogen) atoms. The minimum absolute atomic E-state index is 0.123. The molecule has 1 aliphatic rings. The lowest BCUT2D eigenvalue weighted by molar-refractivity contribution is -0.0695. The van der Waals surface area contributed by atoms with Gasteiger partial charge in [0.15, 0.2) is 5.13 Å². The fourth-order valence-electron chi connectivity index (χ4n) is 6.15. The van der Waals surface area contributed by atoms with E-state index in [0.29, 0.717) is 17.7 Å². The third-order valence-corrected chi connectivity index (χ3v) is 10.3. The maximum absolute atomic E-state index is 11.7. The third kappa shape index (κ3) is 7.01. The van der Waals surface area contributed by atoms with Crippen molar-refractivity contribution in [3.8, 4) is 10.6 Å². The third-order valence-electron chi connectivity index (χ3n) is 8.45. The van der Waals surface area contributed by atoms with Gasteiger partial charge in [0.1, 0.15) is 12.0 Å². The fourth-order valence-corrected chi connectivity index (χ4v) is 7.81. The minimum atomic E-state index is -0.790. The van der Waals surface area contributed by atoms with Gasteiger partial charge >= 0.3 is 0 Å². The molecule has 0 aliphatic carbocycles. The number of nitrogens with one attached hydrogen (secondary N) is 1. The van der Waals surface area contributed by atoms with Crippen molar-refractivity contribution in [2.24, 2.45) is 11.8 Å². The van der Waals surface area contributed by atoms with Gasteiger partial charge in [-0.15, -0.1) is 22.7 Å². The van der Waals surface area contributed by atoms with Crippen LogP contribution < -0.4 is 5.32 Å². The highest BCUT2D eigenvalue weighted by Gasteiger charge is 2.38. The van der Waals surface area contributed by atoms with E-state index < -0.39 is 6.23 Å². The number of aryl methyl sites for hydroxylation is 3. The van der Waals surface area contributed by atoms with Gasteiger partial charge in [-0.25, -0.2) is 15.0 Å². The SMILES string of the molecule is Cc1nc(C)c(-c2csc(Nc3ccc(C(O)N4[C@H](C)C(CCO)CC[C@H](CCc5ccccn5)[C@H]4C)cn3)n2)s1. The first-order valence-corrected chi connectivity index (χ1v) is 16.1. The van der Waals surface area contributed by atoms with E-state index in [0.717, 1.165) is 69.8 Å². The molecular weight excluding hydrogens is 553 g/mol. The van der Waals surface area contributed by atoms with Crippen LogP contribution in [0.1, 0.15) is 67.7 Å². The monoisotopic (exact) mass is 592 g/mol. The number of pyridine rings is 2. The lowest BCUT2D eigenvalue weighted by atomic mass is 9.88. The number of nitrogens with zero attached hydrogens (tertiary/aromatic N) is 5. The summed E-state index contributed by atoms with van der Waals surface area (Å²) in [6, 6.07) is 10.2. The Hall–Kier alpha value is -2.76. The van der Waals surface area contributed by atoms with Crippen molar-refractivity contribution >= 4 is 33.6 Å². The molecule has 218 valence electrons. The zero-order chi connectivity index (χ0) is 28.9. The molecule has 1 fully saturated rings. The molecular formula is C31H40N6O2S2. The van der Waals surface area contributed by atoms with Crippen molar-refractivity contribution in [3.63, 3.8) is 0 Å². The van der Waals surface area contributed by atoms with Crippen molar-refractivity contribution < 1.29 is 10.2 Å². The maximum Gasteiger partial charge on any atom is 0.188 e. The fraction of sp³-hybridized carbons (Fsp3) is 0.484. The zero-order valence-electron chi connectivity index (χ0n) is 24.2. The Morgan fingerprint density at radius 1 is 1.02 bits per heavy atom. The standard InChI is InChI=1S/C31H40N6O2S2/c1-19-29(41-22(4)34-19)27-18-40-31(35-27)36-28-13-11-25(17-33-28)30(39)37-20(2)23(8-9-24(14-16-38)21(37)3)10-12-26-7-5-6-15-32-26/h5-7,11,13,15,17-18,20-21,23-24,30,38-39H,8-10,12,14,16H2,1-4H3,(H,33,35,36)/t20-,21-,23-,24?,30?/m1/s1. The first-order valence-electron chi connectivity index (χ1n) is 14.4. The number of likely N-dealkylation sites (tertiary alicyclic amines) is 1. The number of hydrogen-bond acceptors (Lipinski definition) is 10. The topological polar surface area (TPSA) is 107 Å². The average Bonchev–Trinajstić information content (AvgIpc) is 3.54. The van der Waals surface area contributed by atoms with E-state index in [-0.39, 0.29) is 18.7 Å². The van der Waals surface area contributed by atoms with Crippen LogP contribution in [-0.4, -0.2) is 53.7 Å². The summed E-state index contributed by atoms with van der Waals surface area (Å²) in [7, 11) is 0. The van der Waals surface area contributed by atoms with E-state index >= 15 is 0 Å². The number of anilines is 2. The molecule has 0 aromatic carbocycles. The summed E-state index contributed by atoms with van der Waals surface area (Å²) in [5, 5.41) is 28.6. The molecule has 5 heterocycles. The summed E-state index contributed by atoms with van der Waals surface area (Å²) < 4.78 is 0. The summed E-state index contributed by atoms with van der Waals surface area (Å²) in [4.78, 5) is 21.7. The molecule has 1 saturated heterocycles. The highest BCUT2D eigenvalue weighted by Crippen LogP contribution is 2.39. The Morgan fingerprint density at radius 3 is 2.44 bits per heavy atom. The number of aliphatic hydroxyl groups excluding tert-OH is 2. The van der Waals surface area contributed by atoms with Gasteiger partial charge in [-0.1, -0.05) is 6.07 Å². The van der Waals surface area contributed by atoms with E-state index in [1.165, 1.54) is 11.3 Å². The molecule has 4 aromatic rings. The van der Waals surface area contributed by atoms with Crippen LogP contribution in [0.3, 0.4) is 0 Å². The number of aliphatic hydroxyl groups is 2. The zero-order valence-corrected chi connectivity index (χ0v) is 25.8. The first kappa shape index (κ1) is 29.7. The number of aromatic nitrogens is 4. The Labute approximate surface area is 250 Å². The van der Waals surface area contributed by atoms with Crippen LogP contribution in [0, 0.1) is 25.7 Å². The molecule has 8 nitrogen and oxygen atoms in total. The average molecular weight is 593 g/mol. The Morgan fingerprint density at radius 2 is 1.80 bits per heavy atom. The molecule has 0 amide bonds. The van der Waals surface area contributed by atoms with Gasteiger partial charge in [0, 0.05) is 47.7 Å². The summed E-state index contributed by atoms with van der Waals surface area (Å²) in [5.74, 6) is 1.41. The Balaban J connectivity index is 1.30. The predicted octanol–water partition coefficient (Wildman–Crippen LogP) is 6.53. The van der Waals surface area contributed by atoms with Crippen LogP contribution in [-0.2, 0) is 6.42 Å². The first-order chi connectivity index (χ1) is 19.8. The molecule has 0 bridgehead atoms. The van der Waals surface area contributed by atoms with Gasteiger partial charge in [-0.2, -0.15) is 0 Å². The van der Waals surface area contributed by atoms with Crippen LogP contribution in [0.2, 0.25) is 0 Å². The van der Waals surface area contributed by atoms with E-state index in [2.05, 4.69) is 45.1 Å². The highest BCUT2D eigenvalue weighted by molar-refractivity contribution is 7.16. The van der Waals surface area contributed by atoms with Crippen LogP contribution in [0.15, 0.2) is 48.1 Å². The van der Waals surface area contributed by atoms with E-state index in [9.17, 15) is 10.2 Å². The summed E-state index contributed by atoms with van der Waals surface area (Å²) in [6.45, 7) is 8.61. The summed E-state index contributed by atoms with van der Waals surface area (Å²) in [6.07, 6.45) is 7.60. The van der Waals surface area contributed by atoms with Gasteiger partial charge in [0.05, 0.1) is 21.3 Å². The molecule has 2 unspecified atom stereocenters. The highest BCUT2D eigenvalue weighted by atomic mass is 32.1. The molecule has 1 aliphatic heterocycles. The number of rotatable bonds is 10. The van der Waals surface area contributed by atoms with Crippen LogP contribution in [0.5, 0.6) is 0 Å². The Kier molecular flexibility index (Phi) is 9.77. The minimum Gasteiger partial charge on any atom is -0.396 e. The van der Waals surface area contributed by atoms with Crippen LogP contribution in [0.4, 0.5) is 10.9 Å². The second-order valence-corrected chi connectivity index (χ2v) is 13.1. The van der Waals surface area contributed by atoms with Crippen molar-refractivity contribution in [1.82, 2.24) is 24.8 Å². The predicted molar refractivity (Wildman–Crippen MR) is 166 cm³/mol. The number of hydrogen-bond donors (Lipinski definition) is 3. The normalized spacial score (nSPS) is 22.4. The smallest absolute Gasteiger partial charge is 0.188 e. The molecule has 10 heteroatoms. The Bertz CT molecular complexity index is 1390.